The largest absolute Gasteiger partial charge is 0.497 e. The number of anilines is 3. The highest BCUT2D eigenvalue weighted by atomic mass is 32.1. The summed E-state index contributed by atoms with van der Waals surface area (Å²) in [5.74, 6) is 0.403. The fourth-order valence-electron chi connectivity index (χ4n) is 3.75. The third-order valence-corrected chi connectivity index (χ3v) is 7.23. The minimum Gasteiger partial charge on any atom is -0.497 e. The van der Waals surface area contributed by atoms with Gasteiger partial charge in [-0.3, -0.25) is 10.1 Å². The van der Waals surface area contributed by atoms with Crippen LogP contribution in [0, 0.1) is 11.3 Å². The molecule has 5 rings (SSSR count). The van der Waals surface area contributed by atoms with E-state index >= 15 is 0 Å². The molecule has 8 nitrogen and oxygen atoms in total. The number of amides is 1. The van der Waals surface area contributed by atoms with E-state index in [1.807, 2.05) is 60.0 Å². The molecule has 0 fully saturated rings. The Hall–Kier alpha value is -4.46. The Balaban J connectivity index is 1.53. The van der Waals surface area contributed by atoms with Crippen LogP contribution in [0.2, 0.25) is 0 Å². The minimum atomic E-state index is -0.409. The molecule has 172 valence electrons. The number of pyridine rings is 1. The zero-order valence-electron chi connectivity index (χ0n) is 18.4. The molecule has 0 saturated carbocycles. The second-order valence-electron chi connectivity index (χ2n) is 7.47. The Morgan fingerprint density at radius 2 is 1.86 bits per heavy atom. The smallest absolute Gasteiger partial charge is 0.269 e. The van der Waals surface area contributed by atoms with Crippen molar-refractivity contribution in [1.29, 1.82) is 5.26 Å². The van der Waals surface area contributed by atoms with Gasteiger partial charge in [-0.2, -0.15) is 5.26 Å². The molecule has 35 heavy (non-hydrogen) atoms. The highest BCUT2D eigenvalue weighted by Crippen LogP contribution is 2.42. The number of aromatic nitrogens is 2. The van der Waals surface area contributed by atoms with Crippen molar-refractivity contribution >= 4 is 55.4 Å². The molecular formula is C25H18N6O2S2. The summed E-state index contributed by atoms with van der Waals surface area (Å²) in [6.07, 6.45) is 0. The lowest BCUT2D eigenvalue weighted by Crippen LogP contribution is -2.11. The Morgan fingerprint density at radius 1 is 1.09 bits per heavy atom. The van der Waals surface area contributed by atoms with Gasteiger partial charge in [0.2, 0.25) is 0 Å². The van der Waals surface area contributed by atoms with E-state index in [1.165, 1.54) is 11.3 Å². The molecule has 0 bridgehead atoms. The topological polar surface area (TPSA) is 140 Å². The van der Waals surface area contributed by atoms with Gasteiger partial charge in [-0.15, -0.1) is 22.7 Å². The molecule has 0 aliphatic carbocycles. The fourth-order valence-corrected chi connectivity index (χ4v) is 5.47. The van der Waals surface area contributed by atoms with E-state index in [0.717, 1.165) is 28.2 Å². The van der Waals surface area contributed by atoms with Crippen LogP contribution in [-0.2, 0) is 0 Å². The lowest BCUT2D eigenvalue weighted by Gasteiger charge is -2.09. The van der Waals surface area contributed by atoms with Gasteiger partial charge >= 0.3 is 0 Å². The lowest BCUT2D eigenvalue weighted by molar-refractivity contribution is 0.103. The third-order valence-electron chi connectivity index (χ3n) is 5.38. The van der Waals surface area contributed by atoms with Crippen LogP contribution in [0.4, 0.5) is 16.6 Å². The summed E-state index contributed by atoms with van der Waals surface area (Å²) in [5.41, 5.74) is 15.9. The van der Waals surface area contributed by atoms with E-state index in [9.17, 15) is 10.1 Å². The normalized spacial score (nSPS) is 10.7. The van der Waals surface area contributed by atoms with Crippen LogP contribution in [0.1, 0.15) is 15.2 Å². The van der Waals surface area contributed by atoms with E-state index in [4.69, 9.17) is 16.2 Å². The summed E-state index contributed by atoms with van der Waals surface area (Å²) in [6.45, 7) is 0. The fraction of sp³-hybridized carbons (Fsp3) is 0.0400. The predicted molar refractivity (Wildman–Crippen MR) is 141 cm³/mol. The van der Waals surface area contributed by atoms with Crippen LogP contribution >= 0.6 is 22.7 Å². The number of fused-ring (bicyclic) bond motifs is 1. The van der Waals surface area contributed by atoms with Crippen LogP contribution in [-0.4, -0.2) is 23.0 Å². The number of nitrogens with two attached hydrogens (primary N) is 2. The standard InChI is InChI=1S/C25H18N6O2S2/c1-33-15-9-5-8-14(10-15)17-12-34-25(29-17)31-23(32)21-20(27)19-18(13-6-3-2-4-7-13)16(11-26)22(28)30-24(19)35-21/h2-10,12H,27H2,1H3,(H2,28,30)(H,29,31,32). The van der Waals surface area contributed by atoms with Gasteiger partial charge in [0.1, 0.15) is 32.9 Å². The summed E-state index contributed by atoms with van der Waals surface area (Å²) in [6, 6.07) is 19.0. The quantitative estimate of drug-likeness (QED) is 0.295. The molecule has 5 N–H and O–H groups in total. The molecule has 0 saturated heterocycles. The molecule has 1 amide bonds. The Kier molecular flexibility index (Phi) is 5.78. The zero-order chi connectivity index (χ0) is 24.5. The average molecular weight is 499 g/mol. The second kappa shape index (κ2) is 9.06. The number of nitriles is 1. The summed E-state index contributed by atoms with van der Waals surface area (Å²) >= 11 is 2.43. The van der Waals surface area contributed by atoms with Crippen molar-refractivity contribution in [2.24, 2.45) is 0 Å². The molecule has 0 aliphatic heterocycles. The number of methoxy groups -OCH3 is 1. The first-order valence-corrected chi connectivity index (χ1v) is 12.1. The molecule has 0 spiro atoms. The average Bonchev–Trinajstić information content (AvgIpc) is 3.48. The maximum absolute atomic E-state index is 13.2. The number of thiazole rings is 1. The van der Waals surface area contributed by atoms with Gasteiger partial charge in [0, 0.05) is 21.9 Å². The number of nitrogens with zero attached hydrogens (tertiary/aromatic N) is 3. The molecule has 0 unspecified atom stereocenters. The van der Waals surface area contributed by atoms with Crippen LogP contribution in [0.15, 0.2) is 60.0 Å². The number of hydrogen-bond acceptors (Lipinski definition) is 9. The summed E-state index contributed by atoms with van der Waals surface area (Å²) < 4.78 is 5.27. The molecule has 0 aliphatic rings. The zero-order valence-corrected chi connectivity index (χ0v) is 20.0. The maximum atomic E-state index is 13.2. The highest BCUT2D eigenvalue weighted by Gasteiger charge is 2.24. The van der Waals surface area contributed by atoms with Gasteiger partial charge in [0.05, 0.1) is 18.5 Å². The van der Waals surface area contributed by atoms with Gasteiger partial charge in [-0.05, 0) is 17.7 Å². The molecule has 3 heterocycles. The van der Waals surface area contributed by atoms with Crippen LogP contribution in [0.3, 0.4) is 0 Å². The Morgan fingerprint density at radius 3 is 2.60 bits per heavy atom. The molecule has 0 radical (unpaired) electrons. The first kappa shape index (κ1) is 22.3. The van der Waals surface area contributed by atoms with Crippen molar-refractivity contribution in [3.8, 4) is 34.2 Å². The highest BCUT2D eigenvalue weighted by molar-refractivity contribution is 7.21. The van der Waals surface area contributed by atoms with Gasteiger partial charge in [-0.25, -0.2) is 9.97 Å². The maximum Gasteiger partial charge on any atom is 0.269 e. The number of nitrogen functional groups attached to an aromatic ring is 2. The third kappa shape index (κ3) is 4.03. The van der Waals surface area contributed by atoms with Crippen molar-refractivity contribution in [3.05, 3.63) is 70.4 Å². The van der Waals surface area contributed by atoms with Crippen molar-refractivity contribution in [2.45, 2.75) is 0 Å². The number of thiophene rings is 1. The van der Waals surface area contributed by atoms with Gasteiger partial charge in [-0.1, -0.05) is 42.5 Å². The van der Waals surface area contributed by atoms with Crippen LogP contribution < -0.4 is 21.5 Å². The van der Waals surface area contributed by atoms with Gasteiger partial charge < -0.3 is 16.2 Å². The van der Waals surface area contributed by atoms with Crippen molar-refractivity contribution in [2.75, 3.05) is 23.9 Å². The lowest BCUT2D eigenvalue weighted by atomic mass is 9.97. The summed E-state index contributed by atoms with van der Waals surface area (Å²) in [4.78, 5) is 22.8. The van der Waals surface area contributed by atoms with Gasteiger partial charge in [0.25, 0.3) is 5.91 Å². The van der Waals surface area contributed by atoms with Crippen molar-refractivity contribution in [3.63, 3.8) is 0 Å². The number of hydrogen-bond donors (Lipinski definition) is 3. The first-order chi connectivity index (χ1) is 17.0. The van der Waals surface area contributed by atoms with Crippen molar-refractivity contribution in [1.82, 2.24) is 9.97 Å². The molecule has 10 heteroatoms. The number of benzene rings is 2. The number of ether oxygens (including phenoxy) is 1. The molecule has 3 aromatic heterocycles. The Bertz CT molecular complexity index is 1620. The molecular weight excluding hydrogens is 480 g/mol. The van der Waals surface area contributed by atoms with Gasteiger partial charge in [0.15, 0.2) is 5.13 Å². The predicted octanol–water partition coefficient (Wildman–Crippen LogP) is 5.38. The Labute approximate surface area is 208 Å². The van der Waals surface area contributed by atoms with Crippen LogP contribution in [0.25, 0.3) is 32.6 Å². The molecule has 2 aromatic carbocycles. The second-order valence-corrected chi connectivity index (χ2v) is 9.33. The monoisotopic (exact) mass is 498 g/mol. The van der Waals surface area contributed by atoms with E-state index < -0.39 is 5.91 Å². The SMILES string of the molecule is COc1cccc(-c2csc(NC(=O)c3sc4nc(N)c(C#N)c(-c5ccccc5)c4c3N)n2)c1. The number of rotatable bonds is 5. The number of carbonyl (C=O) groups excluding carboxylic acids is 1. The van der Waals surface area contributed by atoms with E-state index in [2.05, 4.69) is 21.4 Å². The number of nitrogens with one attached hydrogen (secondary N) is 1. The van der Waals surface area contributed by atoms with E-state index in [0.29, 0.717) is 26.6 Å². The molecule has 5 aromatic rings. The van der Waals surface area contributed by atoms with E-state index in [1.54, 1.807) is 7.11 Å². The minimum absolute atomic E-state index is 0.0925. The molecule has 0 atom stereocenters. The summed E-state index contributed by atoms with van der Waals surface area (Å²) in [5, 5.41) is 15.4. The van der Waals surface area contributed by atoms with Crippen molar-refractivity contribution < 1.29 is 9.53 Å². The number of carbonyl (C=O) groups is 1. The summed E-state index contributed by atoms with van der Waals surface area (Å²) in [7, 11) is 1.60. The first-order valence-electron chi connectivity index (χ1n) is 10.4. The van der Waals surface area contributed by atoms with Crippen LogP contribution in [0.5, 0.6) is 5.75 Å². The van der Waals surface area contributed by atoms with E-state index in [-0.39, 0.29) is 21.9 Å².